The van der Waals surface area contributed by atoms with Gasteiger partial charge in [-0.1, -0.05) is 13.8 Å². The monoisotopic (exact) mass is 298 g/mol. The highest BCUT2D eigenvalue weighted by Gasteiger charge is 2.31. The van der Waals surface area contributed by atoms with Crippen molar-refractivity contribution in [3.63, 3.8) is 0 Å². The van der Waals surface area contributed by atoms with E-state index >= 15 is 0 Å². The van der Waals surface area contributed by atoms with Gasteiger partial charge in [-0.3, -0.25) is 10.8 Å². The van der Waals surface area contributed by atoms with Gasteiger partial charge in [0.05, 0.1) is 5.69 Å². The van der Waals surface area contributed by atoms with Crippen molar-refractivity contribution in [2.75, 3.05) is 18.5 Å². The molecule has 1 fully saturated rings. The summed E-state index contributed by atoms with van der Waals surface area (Å²) in [5.74, 6) is 6.57. The van der Waals surface area contributed by atoms with Gasteiger partial charge in [-0.15, -0.1) is 0 Å². The molecule has 0 radical (unpaired) electrons. The van der Waals surface area contributed by atoms with Crippen molar-refractivity contribution in [2.24, 2.45) is 17.7 Å². The Kier molecular flexibility index (Phi) is 4.62. The summed E-state index contributed by atoms with van der Waals surface area (Å²) in [7, 11) is -3.53. The van der Waals surface area contributed by atoms with Gasteiger partial charge < -0.3 is 5.43 Å². The first-order valence-corrected chi connectivity index (χ1v) is 8.31. The number of nitrogen functional groups attached to an aromatic ring is 1. The molecule has 6 nitrogen and oxygen atoms in total. The molecule has 20 heavy (non-hydrogen) atoms. The van der Waals surface area contributed by atoms with Crippen LogP contribution in [0.2, 0.25) is 0 Å². The number of hydrogen-bond acceptors (Lipinski definition) is 5. The van der Waals surface area contributed by atoms with E-state index in [0.29, 0.717) is 30.6 Å². The molecule has 0 saturated carbocycles. The number of anilines is 1. The highest BCUT2D eigenvalue weighted by atomic mass is 32.2. The molecule has 0 bridgehead atoms. The molecule has 0 unspecified atom stereocenters. The molecule has 1 aromatic heterocycles. The zero-order valence-corrected chi connectivity index (χ0v) is 12.7. The number of hydrazine groups is 1. The number of sulfonamides is 1. The fraction of sp³-hybridized carbons (Fsp3) is 0.615. The van der Waals surface area contributed by atoms with E-state index in [1.165, 1.54) is 16.7 Å². The van der Waals surface area contributed by atoms with Crippen molar-refractivity contribution in [1.82, 2.24) is 9.29 Å². The smallest absolute Gasteiger partial charge is 0.246 e. The minimum absolute atomic E-state index is 0.144. The largest absolute Gasteiger partial charge is 0.323 e. The van der Waals surface area contributed by atoms with E-state index in [4.69, 9.17) is 5.84 Å². The van der Waals surface area contributed by atoms with Gasteiger partial charge >= 0.3 is 0 Å². The molecule has 3 N–H and O–H groups in total. The van der Waals surface area contributed by atoms with E-state index in [0.717, 1.165) is 12.8 Å². The Hall–Kier alpha value is -1.18. The zero-order chi connectivity index (χ0) is 14.8. The Labute approximate surface area is 120 Å². The Morgan fingerprint density at radius 1 is 1.40 bits per heavy atom. The maximum atomic E-state index is 12.6. The van der Waals surface area contributed by atoms with Gasteiger partial charge in [0.2, 0.25) is 10.0 Å². The first-order chi connectivity index (χ1) is 9.46. The second-order valence-corrected chi connectivity index (χ2v) is 7.41. The van der Waals surface area contributed by atoms with Crippen LogP contribution in [0.4, 0.5) is 5.69 Å². The molecule has 0 amide bonds. The number of aromatic nitrogens is 1. The Balaban J connectivity index is 2.20. The van der Waals surface area contributed by atoms with Gasteiger partial charge in [0.1, 0.15) is 4.90 Å². The average molecular weight is 298 g/mol. The fourth-order valence-electron chi connectivity index (χ4n) is 2.63. The topological polar surface area (TPSA) is 88.3 Å². The van der Waals surface area contributed by atoms with Crippen molar-refractivity contribution in [1.29, 1.82) is 0 Å². The highest BCUT2D eigenvalue weighted by molar-refractivity contribution is 7.89. The third-order valence-corrected chi connectivity index (χ3v) is 5.93. The molecule has 1 aliphatic heterocycles. The Morgan fingerprint density at radius 2 is 2.05 bits per heavy atom. The standard InChI is InChI=1S/C13H22N4O2S/c1-10(2)11-4-7-17(8-5-11)20(18,19)13-9-15-6-3-12(13)16-14/h3,6,9-11H,4-5,7-8,14H2,1-2H3,(H,15,16). The normalized spacial score (nSPS) is 18.4. The Morgan fingerprint density at radius 3 is 2.60 bits per heavy atom. The van der Waals surface area contributed by atoms with Gasteiger partial charge in [0.15, 0.2) is 0 Å². The quantitative estimate of drug-likeness (QED) is 0.648. The SMILES string of the molecule is CC(C)C1CCN(S(=O)(=O)c2cnccc2NN)CC1. The molecular weight excluding hydrogens is 276 g/mol. The van der Waals surface area contributed by atoms with Crippen LogP contribution < -0.4 is 11.3 Å². The van der Waals surface area contributed by atoms with Crippen LogP contribution in [0.3, 0.4) is 0 Å². The lowest BCUT2D eigenvalue weighted by Crippen LogP contribution is -2.39. The van der Waals surface area contributed by atoms with Crippen LogP contribution >= 0.6 is 0 Å². The molecule has 0 atom stereocenters. The maximum Gasteiger partial charge on any atom is 0.246 e. The van der Waals surface area contributed by atoms with Crippen LogP contribution in [0, 0.1) is 11.8 Å². The van der Waals surface area contributed by atoms with Crippen molar-refractivity contribution in [2.45, 2.75) is 31.6 Å². The summed E-state index contributed by atoms with van der Waals surface area (Å²) in [6, 6.07) is 1.56. The molecule has 0 spiro atoms. The fourth-order valence-corrected chi connectivity index (χ4v) is 4.20. The van der Waals surface area contributed by atoms with E-state index in [1.54, 1.807) is 6.07 Å². The van der Waals surface area contributed by atoms with Crippen molar-refractivity contribution in [3.05, 3.63) is 18.5 Å². The summed E-state index contributed by atoms with van der Waals surface area (Å²) >= 11 is 0. The summed E-state index contributed by atoms with van der Waals surface area (Å²) < 4.78 is 26.8. The molecule has 7 heteroatoms. The van der Waals surface area contributed by atoms with Gasteiger partial charge in [0.25, 0.3) is 0 Å². The van der Waals surface area contributed by atoms with Gasteiger partial charge in [-0.25, -0.2) is 8.42 Å². The summed E-state index contributed by atoms with van der Waals surface area (Å²) in [6.07, 6.45) is 4.67. The predicted molar refractivity (Wildman–Crippen MR) is 78.4 cm³/mol. The number of rotatable bonds is 4. The van der Waals surface area contributed by atoms with E-state index in [9.17, 15) is 8.42 Å². The second kappa shape index (κ2) is 6.07. The summed E-state index contributed by atoms with van der Waals surface area (Å²) in [6.45, 7) is 5.49. The molecule has 1 saturated heterocycles. The summed E-state index contributed by atoms with van der Waals surface area (Å²) in [5.41, 5.74) is 2.80. The average Bonchev–Trinajstić information content (AvgIpc) is 2.47. The maximum absolute atomic E-state index is 12.6. The van der Waals surface area contributed by atoms with Crippen LogP contribution in [0.25, 0.3) is 0 Å². The van der Waals surface area contributed by atoms with Crippen LogP contribution in [-0.4, -0.2) is 30.8 Å². The van der Waals surface area contributed by atoms with Crippen LogP contribution in [0.1, 0.15) is 26.7 Å². The number of nitrogens with one attached hydrogen (secondary N) is 1. The predicted octanol–water partition coefficient (Wildman–Crippen LogP) is 1.42. The first-order valence-electron chi connectivity index (χ1n) is 6.87. The molecule has 2 heterocycles. The third kappa shape index (κ3) is 2.94. The third-order valence-electron chi connectivity index (χ3n) is 4.00. The van der Waals surface area contributed by atoms with Crippen molar-refractivity contribution in [3.8, 4) is 0 Å². The number of nitrogens with zero attached hydrogens (tertiary/aromatic N) is 2. The second-order valence-electron chi connectivity index (χ2n) is 5.50. The van der Waals surface area contributed by atoms with Gasteiger partial charge in [-0.2, -0.15) is 4.31 Å². The molecule has 1 aromatic rings. The summed E-state index contributed by atoms with van der Waals surface area (Å²) in [4.78, 5) is 4.04. The number of hydrogen-bond donors (Lipinski definition) is 2. The lowest BCUT2D eigenvalue weighted by molar-refractivity contribution is 0.226. The van der Waals surface area contributed by atoms with E-state index in [-0.39, 0.29) is 4.90 Å². The molecule has 2 rings (SSSR count). The van der Waals surface area contributed by atoms with E-state index in [1.807, 2.05) is 0 Å². The molecular formula is C13H22N4O2S. The van der Waals surface area contributed by atoms with Crippen molar-refractivity contribution < 1.29 is 8.42 Å². The van der Waals surface area contributed by atoms with Gasteiger partial charge in [0, 0.05) is 25.5 Å². The summed E-state index contributed by atoms with van der Waals surface area (Å²) in [5, 5.41) is 0. The van der Waals surface area contributed by atoms with Crippen LogP contribution in [0.15, 0.2) is 23.4 Å². The van der Waals surface area contributed by atoms with Gasteiger partial charge in [-0.05, 0) is 30.7 Å². The first kappa shape index (κ1) is 15.2. The molecule has 0 aliphatic carbocycles. The Bertz CT molecular complexity index is 551. The number of piperidine rings is 1. The highest BCUT2D eigenvalue weighted by Crippen LogP contribution is 2.29. The molecule has 0 aromatic carbocycles. The van der Waals surface area contributed by atoms with Crippen LogP contribution in [0.5, 0.6) is 0 Å². The minimum atomic E-state index is -3.53. The van der Waals surface area contributed by atoms with E-state index < -0.39 is 10.0 Å². The lowest BCUT2D eigenvalue weighted by Gasteiger charge is -2.33. The van der Waals surface area contributed by atoms with Crippen molar-refractivity contribution >= 4 is 15.7 Å². The molecule has 112 valence electrons. The lowest BCUT2D eigenvalue weighted by atomic mass is 9.87. The number of pyridine rings is 1. The van der Waals surface area contributed by atoms with E-state index in [2.05, 4.69) is 24.3 Å². The minimum Gasteiger partial charge on any atom is -0.323 e. The number of nitrogens with two attached hydrogens (primary N) is 1. The molecule has 1 aliphatic rings. The van der Waals surface area contributed by atoms with Crippen LogP contribution in [-0.2, 0) is 10.0 Å². The zero-order valence-electron chi connectivity index (χ0n) is 11.9.